The molecule has 0 aliphatic heterocycles. The van der Waals surface area contributed by atoms with E-state index in [1.54, 1.807) is 0 Å². The molecule has 1 aliphatic carbocycles. The van der Waals surface area contributed by atoms with Gasteiger partial charge in [-0.3, -0.25) is 0 Å². The zero-order valence-electron chi connectivity index (χ0n) is 10.8. The zero-order valence-corrected chi connectivity index (χ0v) is 10.8. The number of nitrogens with two attached hydrogens (primary N) is 2. The van der Waals surface area contributed by atoms with Crippen molar-refractivity contribution in [2.24, 2.45) is 29.2 Å². The van der Waals surface area contributed by atoms with E-state index in [2.05, 4.69) is 27.7 Å². The number of rotatable bonds is 3. The van der Waals surface area contributed by atoms with E-state index < -0.39 is 0 Å². The van der Waals surface area contributed by atoms with Crippen LogP contribution in [-0.4, -0.2) is 11.6 Å². The largest absolute Gasteiger partial charge is 0.326 e. The monoisotopic (exact) mass is 212 g/mol. The molecule has 1 saturated carbocycles. The lowest BCUT2D eigenvalue weighted by Crippen LogP contribution is -2.63. The molecule has 1 aliphatic rings. The predicted octanol–water partition coefficient (Wildman–Crippen LogP) is 2.51. The fourth-order valence-corrected chi connectivity index (χ4v) is 3.67. The van der Waals surface area contributed by atoms with Crippen LogP contribution in [0.25, 0.3) is 0 Å². The zero-order chi connectivity index (χ0) is 11.6. The fourth-order valence-electron chi connectivity index (χ4n) is 3.67. The van der Waals surface area contributed by atoms with Gasteiger partial charge in [0.25, 0.3) is 0 Å². The second kappa shape index (κ2) is 4.84. The smallest absolute Gasteiger partial charge is 0.0341 e. The van der Waals surface area contributed by atoms with Gasteiger partial charge in [-0.05, 0) is 30.6 Å². The van der Waals surface area contributed by atoms with Gasteiger partial charge in [0.2, 0.25) is 0 Å². The Morgan fingerprint density at radius 3 is 2.00 bits per heavy atom. The van der Waals surface area contributed by atoms with Crippen LogP contribution in [0.1, 0.15) is 53.4 Å². The second-order valence-electron chi connectivity index (χ2n) is 5.98. The van der Waals surface area contributed by atoms with Crippen LogP contribution < -0.4 is 11.5 Å². The Morgan fingerprint density at radius 2 is 1.60 bits per heavy atom. The highest BCUT2D eigenvalue weighted by atomic mass is 14.9. The van der Waals surface area contributed by atoms with E-state index >= 15 is 0 Å². The van der Waals surface area contributed by atoms with Crippen molar-refractivity contribution in [3.05, 3.63) is 0 Å². The first-order valence-corrected chi connectivity index (χ1v) is 6.44. The lowest BCUT2D eigenvalue weighted by atomic mass is 9.63. The maximum atomic E-state index is 6.62. The summed E-state index contributed by atoms with van der Waals surface area (Å²) >= 11 is 0. The van der Waals surface area contributed by atoms with E-state index in [4.69, 9.17) is 11.5 Å². The van der Waals surface area contributed by atoms with Crippen molar-refractivity contribution < 1.29 is 0 Å². The Labute approximate surface area is 94.8 Å². The van der Waals surface area contributed by atoms with Crippen molar-refractivity contribution in [2.45, 2.75) is 65.0 Å². The summed E-state index contributed by atoms with van der Waals surface area (Å²) in [6.07, 6.45) is 4.71. The van der Waals surface area contributed by atoms with Gasteiger partial charge < -0.3 is 11.5 Å². The first kappa shape index (κ1) is 13.0. The van der Waals surface area contributed by atoms with Gasteiger partial charge in [-0.15, -0.1) is 0 Å². The minimum absolute atomic E-state index is 0.124. The summed E-state index contributed by atoms with van der Waals surface area (Å²) in [5.74, 6) is 1.80. The molecular formula is C13H28N2. The maximum Gasteiger partial charge on any atom is 0.0341 e. The summed E-state index contributed by atoms with van der Waals surface area (Å²) in [7, 11) is 0. The molecule has 0 spiro atoms. The van der Waals surface area contributed by atoms with Gasteiger partial charge in [-0.1, -0.05) is 40.5 Å². The molecule has 4 N–H and O–H groups in total. The quantitative estimate of drug-likeness (QED) is 0.755. The maximum absolute atomic E-state index is 6.62. The Hall–Kier alpha value is -0.0800. The average molecular weight is 212 g/mol. The first-order valence-electron chi connectivity index (χ1n) is 6.44. The van der Waals surface area contributed by atoms with E-state index in [1.807, 2.05) is 0 Å². The third-order valence-corrected chi connectivity index (χ3v) is 4.12. The second-order valence-corrected chi connectivity index (χ2v) is 5.98. The highest BCUT2D eigenvalue weighted by Crippen LogP contribution is 2.39. The number of hydrogen-bond donors (Lipinski definition) is 2. The molecule has 2 atom stereocenters. The van der Waals surface area contributed by atoms with Crippen molar-refractivity contribution in [2.75, 3.05) is 0 Å². The summed E-state index contributed by atoms with van der Waals surface area (Å²) in [5.41, 5.74) is 12.8. The minimum atomic E-state index is -0.124. The molecule has 0 aromatic carbocycles. The van der Waals surface area contributed by atoms with Crippen molar-refractivity contribution >= 4 is 0 Å². The lowest BCUT2D eigenvalue weighted by molar-refractivity contribution is 0.0907. The molecule has 0 radical (unpaired) electrons. The van der Waals surface area contributed by atoms with Gasteiger partial charge in [0.05, 0.1) is 0 Å². The number of hydrogen-bond acceptors (Lipinski definition) is 2. The van der Waals surface area contributed by atoms with Gasteiger partial charge >= 0.3 is 0 Å². The van der Waals surface area contributed by atoms with E-state index in [9.17, 15) is 0 Å². The average Bonchev–Trinajstić information content (AvgIpc) is 2.08. The van der Waals surface area contributed by atoms with Crippen LogP contribution in [0, 0.1) is 17.8 Å². The molecule has 0 heterocycles. The molecule has 0 saturated heterocycles. The summed E-state index contributed by atoms with van der Waals surface area (Å²) in [6, 6.07) is 0.195. The minimum Gasteiger partial charge on any atom is -0.326 e. The van der Waals surface area contributed by atoms with Crippen LogP contribution in [0.5, 0.6) is 0 Å². The summed E-state index contributed by atoms with van der Waals surface area (Å²) in [6.45, 7) is 9.11. The summed E-state index contributed by atoms with van der Waals surface area (Å²) < 4.78 is 0. The highest BCUT2D eigenvalue weighted by molar-refractivity contribution is 5.03. The lowest BCUT2D eigenvalue weighted by Gasteiger charge is -2.48. The molecule has 0 bridgehead atoms. The Bertz CT molecular complexity index is 193. The van der Waals surface area contributed by atoms with Gasteiger partial charge in [-0.25, -0.2) is 0 Å². The molecular weight excluding hydrogens is 184 g/mol. The molecule has 1 fully saturated rings. The molecule has 2 heteroatoms. The first-order chi connectivity index (χ1) is 6.89. The normalized spacial score (nSPS) is 33.0. The molecule has 1 rings (SSSR count). The third kappa shape index (κ3) is 2.54. The SMILES string of the molecule is CC(C)C(C(C)C)C1(N)CCCCC1N. The molecule has 90 valence electrons. The topological polar surface area (TPSA) is 52.0 Å². The van der Waals surface area contributed by atoms with Gasteiger partial charge in [0.15, 0.2) is 0 Å². The molecule has 0 aromatic rings. The molecule has 2 unspecified atom stereocenters. The standard InChI is InChI=1S/C13H28N2/c1-9(2)12(10(3)4)13(15)8-6-5-7-11(13)14/h9-12H,5-8,14-15H2,1-4H3. The van der Waals surface area contributed by atoms with Crippen LogP contribution in [0.3, 0.4) is 0 Å². The molecule has 0 amide bonds. The summed E-state index contributed by atoms with van der Waals surface area (Å²) in [4.78, 5) is 0. The highest BCUT2D eigenvalue weighted by Gasteiger charge is 2.44. The predicted molar refractivity (Wildman–Crippen MR) is 66.5 cm³/mol. The Morgan fingerprint density at radius 1 is 1.07 bits per heavy atom. The molecule has 0 aromatic heterocycles. The third-order valence-electron chi connectivity index (χ3n) is 4.12. The van der Waals surface area contributed by atoms with Crippen LogP contribution in [0.4, 0.5) is 0 Å². The van der Waals surface area contributed by atoms with Crippen LogP contribution >= 0.6 is 0 Å². The van der Waals surface area contributed by atoms with E-state index in [1.165, 1.54) is 12.8 Å². The summed E-state index contributed by atoms with van der Waals surface area (Å²) in [5, 5.41) is 0. The van der Waals surface area contributed by atoms with E-state index in [0.29, 0.717) is 17.8 Å². The van der Waals surface area contributed by atoms with E-state index in [-0.39, 0.29) is 11.6 Å². The van der Waals surface area contributed by atoms with Gasteiger partial charge in [-0.2, -0.15) is 0 Å². The molecule has 2 nitrogen and oxygen atoms in total. The Balaban J connectivity index is 2.88. The van der Waals surface area contributed by atoms with Gasteiger partial charge in [0, 0.05) is 11.6 Å². The van der Waals surface area contributed by atoms with Gasteiger partial charge in [0.1, 0.15) is 0 Å². The Kier molecular flexibility index (Phi) is 4.19. The van der Waals surface area contributed by atoms with E-state index in [0.717, 1.165) is 12.8 Å². The van der Waals surface area contributed by atoms with Crippen molar-refractivity contribution in [1.82, 2.24) is 0 Å². The van der Waals surface area contributed by atoms with Crippen molar-refractivity contribution in [3.63, 3.8) is 0 Å². The fraction of sp³-hybridized carbons (Fsp3) is 1.00. The van der Waals surface area contributed by atoms with Crippen LogP contribution in [-0.2, 0) is 0 Å². The van der Waals surface area contributed by atoms with Crippen molar-refractivity contribution in [3.8, 4) is 0 Å². The van der Waals surface area contributed by atoms with Crippen LogP contribution in [0.15, 0.2) is 0 Å². The molecule has 15 heavy (non-hydrogen) atoms. The van der Waals surface area contributed by atoms with Crippen molar-refractivity contribution in [1.29, 1.82) is 0 Å². The van der Waals surface area contributed by atoms with Crippen LogP contribution in [0.2, 0.25) is 0 Å².